The van der Waals surface area contributed by atoms with E-state index in [1.54, 1.807) is 0 Å². The third-order valence-electron chi connectivity index (χ3n) is 4.29. The number of nitrogens with one attached hydrogen (secondary N) is 1. The highest BCUT2D eigenvalue weighted by Crippen LogP contribution is 2.26. The second-order valence-corrected chi connectivity index (χ2v) is 5.70. The lowest BCUT2D eigenvalue weighted by atomic mass is 9.84. The van der Waals surface area contributed by atoms with Crippen molar-refractivity contribution in [2.75, 3.05) is 0 Å². The van der Waals surface area contributed by atoms with Crippen molar-refractivity contribution in [3.05, 3.63) is 35.4 Å². The Hall–Kier alpha value is -1.55. The van der Waals surface area contributed by atoms with E-state index in [4.69, 9.17) is 10.9 Å². The second kappa shape index (κ2) is 7.29. The molecular weight excluding hydrogens is 250 g/mol. The van der Waals surface area contributed by atoms with Crippen molar-refractivity contribution >= 4 is 5.84 Å². The van der Waals surface area contributed by atoms with E-state index in [1.807, 2.05) is 18.2 Å². The molecule has 0 spiro atoms. The minimum Gasteiger partial charge on any atom is -0.409 e. The number of amidine groups is 1. The molecule has 0 heterocycles. The summed E-state index contributed by atoms with van der Waals surface area (Å²) in [7, 11) is 0. The molecule has 4 heteroatoms. The van der Waals surface area contributed by atoms with Crippen molar-refractivity contribution in [2.45, 2.75) is 51.6 Å². The summed E-state index contributed by atoms with van der Waals surface area (Å²) in [6.45, 7) is 3.13. The molecule has 0 saturated heterocycles. The Morgan fingerprint density at radius 1 is 1.45 bits per heavy atom. The standard InChI is InChI=1S/C16H25N3O/c1-2-12-5-4-8-15(10-12)18-11-13-6-3-7-14(9-13)16(17)19-20/h3,6-7,9,12,15,18,20H,2,4-5,8,10-11H2,1H3,(H2,17,19). The zero-order valence-electron chi connectivity index (χ0n) is 12.2. The first-order valence-corrected chi connectivity index (χ1v) is 7.53. The molecule has 2 unspecified atom stereocenters. The van der Waals surface area contributed by atoms with Gasteiger partial charge in [-0.15, -0.1) is 0 Å². The van der Waals surface area contributed by atoms with Gasteiger partial charge in [0.05, 0.1) is 0 Å². The van der Waals surface area contributed by atoms with Crippen LogP contribution in [0.5, 0.6) is 0 Å². The molecule has 1 aliphatic rings. The Balaban J connectivity index is 1.90. The zero-order valence-corrected chi connectivity index (χ0v) is 12.2. The molecule has 0 aliphatic heterocycles. The number of nitrogens with zero attached hydrogens (tertiary/aromatic N) is 1. The van der Waals surface area contributed by atoms with Crippen LogP contribution in [0.4, 0.5) is 0 Å². The number of rotatable bonds is 5. The molecule has 110 valence electrons. The van der Waals surface area contributed by atoms with Crippen molar-refractivity contribution in [1.29, 1.82) is 0 Å². The van der Waals surface area contributed by atoms with Crippen molar-refractivity contribution in [3.63, 3.8) is 0 Å². The van der Waals surface area contributed by atoms with Gasteiger partial charge in [0.2, 0.25) is 0 Å². The van der Waals surface area contributed by atoms with Gasteiger partial charge in [0.25, 0.3) is 0 Å². The third kappa shape index (κ3) is 3.97. The first-order chi connectivity index (χ1) is 9.72. The third-order valence-corrected chi connectivity index (χ3v) is 4.29. The average Bonchev–Trinajstić information content (AvgIpc) is 2.52. The van der Waals surface area contributed by atoms with Crippen molar-refractivity contribution in [2.24, 2.45) is 16.8 Å². The maximum atomic E-state index is 8.72. The molecule has 1 saturated carbocycles. The maximum Gasteiger partial charge on any atom is 0.170 e. The Morgan fingerprint density at radius 3 is 3.05 bits per heavy atom. The summed E-state index contributed by atoms with van der Waals surface area (Å²) in [5.41, 5.74) is 7.56. The Bertz CT molecular complexity index is 459. The van der Waals surface area contributed by atoms with E-state index in [0.29, 0.717) is 6.04 Å². The number of oxime groups is 1. The lowest BCUT2D eigenvalue weighted by Crippen LogP contribution is -2.33. The van der Waals surface area contributed by atoms with Crippen LogP contribution in [0.25, 0.3) is 0 Å². The van der Waals surface area contributed by atoms with Crippen LogP contribution in [-0.4, -0.2) is 17.1 Å². The normalized spacial score (nSPS) is 23.8. The summed E-state index contributed by atoms with van der Waals surface area (Å²) in [6, 6.07) is 8.47. The van der Waals surface area contributed by atoms with Crippen LogP contribution in [0.3, 0.4) is 0 Å². The fourth-order valence-electron chi connectivity index (χ4n) is 3.01. The lowest BCUT2D eigenvalue weighted by Gasteiger charge is -2.29. The van der Waals surface area contributed by atoms with Crippen molar-refractivity contribution in [3.8, 4) is 0 Å². The van der Waals surface area contributed by atoms with E-state index < -0.39 is 0 Å². The van der Waals surface area contributed by atoms with Crippen LogP contribution in [0, 0.1) is 5.92 Å². The fourth-order valence-corrected chi connectivity index (χ4v) is 3.01. The number of hydrogen-bond donors (Lipinski definition) is 3. The molecule has 1 fully saturated rings. The molecule has 1 aromatic rings. The lowest BCUT2D eigenvalue weighted by molar-refractivity contribution is 0.278. The van der Waals surface area contributed by atoms with Gasteiger partial charge in [0.1, 0.15) is 0 Å². The minimum atomic E-state index is 0.163. The van der Waals surface area contributed by atoms with Gasteiger partial charge in [-0.25, -0.2) is 0 Å². The highest BCUT2D eigenvalue weighted by Gasteiger charge is 2.20. The predicted molar refractivity (Wildman–Crippen MR) is 81.8 cm³/mol. The van der Waals surface area contributed by atoms with E-state index in [1.165, 1.54) is 37.7 Å². The summed E-state index contributed by atoms with van der Waals surface area (Å²) in [4.78, 5) is 0. The van der Waals surface area contributed by atoms with Crippen LogP contribution in [0.2, 0.25) is 0 Å². The first-order valence-electron chi connectivity index (χ1n) is 7.53. The van der Waals surface area contributed by atoms with Crippen LogP contribution >= 0.6 is 0 Å². The smallest absolute Gasteiger partial charge is 0.170 e. The van der Waals surface area contributed by atoms with Gasteiger partial charge in [-0.1, -0.05) is 49.5 Å². The molecule has 1 aliphatic carbocycles. The van der Waals surface area contributed by atoms with Gasteiger partial charge in [0.15, 0.2) is 5.84 Å². The molecule has 20 heavy (non-hydrogen) atoms. The van der Waals surface area contributed by atoms with Gasteiger partial charge < -0.3 is 16.3 Å². The van der Waals surface area contributed by atoms with Crippen molar-refractivity contribution < 1.29 is 5.21 Å². The van der Waals surface area contributed by atoms with E-state index in [9.17, 15) is 0 Å². The average molecular weight is 275 g/mol. The quantitative estimate of drug-likeness (QED) is 0.335. The Kier molecular flexibility index (Phi) is 5.41. The topological polar surface area (TPSA) is 70.6 Å². The predicted octanol–water partition coefficient (Wildman–Crippen LogP) is 2.84. The summed E-state index contributed by atoms with van der Waals surface area (Å²) in [5, 5.41) is 15.4. The monoisotopic (exact) mass is 275 g/mol. The molecule has 0 amide bonds. The minimum absolute atomic E-state index is 0.163. The molecule has 0 radical (unpaired) electrons. The van der Waals surface area contributed by atoms with Gasteiger partial charge in [-0.3, -0.25) is 0 Å². The molecule has 0 bridgehead atoms. The molecule has 4 N–H and O–H groups in total. The molecular formula is C16H25N3O. The largest absolute Gasteiger partial charge is 0.409 e. The van der Waals surface area contributed by atoms with Gasteiger partial charge in [-0.05, 0) is 30.4 Å². The van der Waals surface area contributed by atoms with Gasteiger partial charge in [0, 0.05) is 18.2 Å². The number of nitrogens with two attached hydrogens (primary N) is 1. The first kappa shape index (κ1) is 14.9. The summed E-state index contributed by atoms with van der Waals surface area (Å²) in [6.07, 6.45) is 6.57. The van der Waals surface area contributed by atoms with Crippen LogP contribution in [0.15, 0.2) is 29.4 Å². The van der Waals surface area contributed by atoms with Crippen molar-refractivity contribution in [1.82, 2.24) is 5.32 Å². The highest BCUT2D eigenvalue weighted by molar-refractivity contribution is 5.97. The SMILES string of the molecule is CCC1CCCC(NCc2cccc(C(N)=NO)c2)C1. The van der Waals surface area contributed by atoms with Crippen LogP contribution in [-0.2, 0) is 6.54 Å². The Labute approximate surface area is 121 Å². The Morgan fingerprint density at radius 2 is 2.30 bits per heavy atom. The maximum absolute atomic E-state index is 8.72. The fraction of sp³-hybridized carbons (Fsp3) is 0.562. The van der Waals surface area contributed by atoms with Crippen LogP contribution in [0.1, 0.15) is 50.2 Å². The van der Waals surface area contributed by atoms with E-state index in [2.05, 4.69) is 23.5 Å². The summed E-state index contributed by atoms with van der Waals surface area (Å²) in [5.74, 6) is 1.04. The summed E-state index contributed by atoms with van der Waals surface area (Å²) >= 11 is 0. The van der Waals surface area contributed by atoms with Crippen LogP contribution < -0.4 is 11.1 Å². The highest BCUT2D eigenvalue weighted by atomic mass is 16.4. The van der Waals surface area contributed by atoms with Gasteiger partial charge >= 0.3 is 0 Å². The molecule has 1 aromatic carbocycles. The summed E-state index contributed by atoms with van der Waals surface area (Å²) < 4.78 is 0. The molecule has 0 aromatic heterocycles. The number of benzene rings is 1. The molecule has 2 atom stereocenters. The zero-order chi connectivity index (χ0) is 14.4. The van der Waals surface area contributed by atoms with E-state index in [-0.39, 0.29) is 5.84 Å². The molecule has 2 rings (SSSR count). The second-order valence-electron chi connectivity index (χ2n) is 5.70. The van der Waals surface area contributed by atoms with E-state index >= 15 is 0 Å². The van der Waals surface area contributed by atoms with E-state index in [0.717, 1.165) is 18.0 Å². The number of hydrogen-bond acceptors (Lipinski definition) is 3. The molecule has 4 nitrogen and oxygen atoms in total. The van der Waals surface area contributed by atoms with Gasteiger partial charge in [-0.2, -0.15) is 0 Å².